The number of halogens is 2. The highest BCUT2D eigenvalue weighted by molar-refractivity contribution is 9.10. The minimum Gasteiger partial charge on any atom is -0.495 e. The van der Waals surface area contributed by atoms with Crippen LogP contribution in [0.15, 0.2) is 75.1 Å². The van der Waals surface area contributed by atoms with E-state index in [4.69, 9.17) is 25.8 Å². The summed E-state index contributed by atoms with van der Waals surface area (Å²) in [5, 5.41) is 4.19. The molecule has 0 spiro atoms. The van der Waals surface area contributed by atoms with E-state index in [0.717, 1.165) is 14.3 Å². The summed E-state index contributed by atoms with van der Waals surface area (Å²) in [4.78, 5) is 12.7. The van der Waals surface area contributed by atoms with Gasteiger partial charge in [-0.05, 0) is 48.0 Å². The predicted molar refractivity (Wildman–Crippen MR) is 142 cm³/mol. The third-order valence-electron chi connectivity index (χ3n) is 4.89. The van der Waals surface area contributed by atoms with Crippen LogP contribution in [0.3, 0.4) is 0 Å². The van der Waals surface area contributed by atoms with Gasteiger partial charge < -0.3 is 14.2 Å². The number of anilines is 1. The molecule has 0 aliphatic heterocycles. The molecule has 1 N–H and O–H groups in total. The number of hydrazone groups is 1. The van der Waals surface area contributed by atoms with E-state index in [1.807, 2.05) is 12.1 Å². The molecule has 190 valence electrons. The molecular weight excluding hydrogens is 574 g/mol. The molecule has 36 heavy (non-hydrogen) atoms. The van der Waals surface area contributed by atoms with Gasteiger partial charge in [0.05, 0.1) is 38.1 Å². The van der Waals surface area contributed by atoms with Crippen LogP contribution >= 0.6 is 27.5 Å². The molecule has 0 aliphatic carbocycles. The third-order valence-corrected chi connectivity index (χ3v) is 7.38. The van der Waals surface area contributed by atoms with Crippen molar-refractivity contribution in [2.45, 2.75) is 4.90 Å². The van der Waals surface area contributed by atoms with Gasteiger partial charge in [-0.2, -0.15) is 5.10 Å². The Labute approximate surface area is 222 Å². The van der Waals surface area contributed by atoms with E-state index in [2.05, 4.69) is 26.5 Å². The number of benzene rings is 3. The number of hydrogen-bond acceptors (Lipinski definition) is 7. The molecule has 0 saturated carbocycles. The monoisotopic (exact) mass is 595 g/mol. The minimum atomic E-state index is -4.30. The maximum Gasteiger partial charge on any atom is 0.265 e. The fraction of sp³-hybridized carbons (Fsp3) is 0.167. The molecular formula is C24H23BrClN3O6S. The quantitative estimate of drug-likeness (QED) is 0.273. The van der Waals surface area contributed by atoms with Crippen molar-refractivity contribution in [1.82, 2.24) is 5.43 Å². The van der Waals surface area contributed by atoms with Gasteiger partial charge in [0.1, 0.15) is 12.3 Å². The van der Waals surface area contributed by atoms with Crippen molar-refractivity contribution in [3.05, 3.63) is 75.7 Å². The Morgan fingerprint density at radius 1 is 1.00 bits per heavy atom. The number of hydrogen-bond donors (Lipinski definition) is 1. The summed E-state index contributed by atoms with van der Waals surface area (Å²) in [5.41, 5.74) is 3.17. The van der Waals surface area contributed by atoms with E-state index in [0.29, 0.717) is 5.75 Å². The van der Waals surface area contributed by atoms with E-state index >= 15 is 0 Å². The van der Waals surface area contributed by atoms with Gasteiger partial charge >= 0.3 is 0 Å². The molecule has 0 unspecified atom stereocenters. The second-order valence-electron chi connectivity index (χ2n) is 7.19. The number of sulfonamides is 1. The van der Waals surface area contributed by atoms with Crippen molar-refractivity contribution in [2.75, 3.05) is 32.2 Å². The summed E-state index contributed by atoms with van der Waals surface area (Å²) >= 11 is 9.52. The third kappa shape index (κ3) is 6.48. The van der Waals surface area contributed by atoms with Crippen LogP contribution in [0.2, 0.25) is 5.02 Å². The normalized spacial score (nSPS) is 11.2. The van der Waals surface area contributed by atoms with Gasteiger partial charge in [-0.15, -0.1) is 0 Å². The maximum atomic E-state index is 13.8. The Kier molecular flexibility index (Phi) is 9.19. The van der Waals surface area contributed by atoms with E-state index in [1.54, 1.807) is 18.2 Å². The molecule has 0 aliphatic rings. The lowest BCUT2D eigenvalue weighted by molar-refractivity contribution is -0.119. The molecule has 1 amide bonds. The van der Waals surface area contributed by atoms with E-state index in [1.165, 1.54) is 57.9 Å². The summed E-state index contributed by atoms with van der Waals surface area (Å²) < 4.78 is 45.0. The lowest BCUT2D eigenvalue weighted by Gasteiger charge is -2.25. The van der Waals surface area contributed by atoms with Crippen LogP contribution in [-0.4, -0.2) is 48.4 Å². The average Bonchev–Trinajstić information content (AvgIpc) is 2.86. The first-order chi connectivity index (χ1) is 17.2. The Morgan fingerprint density at radius 3 is 2.36 bits per heavy atom. The summed E-state index contributed by atoms with van der Waals surface area (Å²) in [6.45, 7) is -0.608. The number of amides is 1. The average molecular weight is 597 g/mol. The maximum absolute atomic E-state index is 13.8. The molecule has 0 atom stereocenters. The van der Waals surface area contributed by atoms with Gasteiger partial charge in [-0.3, -0.25) is 9.10 Å². The molecule has 3 aromatic carbocycles. The second kappa shape index (κ2) is 12.1. The Balaban J connectivity index is 1.98. The van der Waals surface area contributed by atoms with E-state index in [-0.39, 0.29) is 27.1 Å². The van der Waals surface area contributed by atoms with Gasteiger partial charge in [0.2, 0.25) is 0 Å². The Morgan fingerprint density at radius 2 is 1.69 bits per heavy atom. The Bertz CT molecular complexity index is 1380. The smallest absolute Gasteiger partial charge is 0.265 e. The molecule has 0 heterocycles. The van der Waals surface area contributed by atoms with Crippen LogP contribution in [0, 0.1) is 0 Å². The molecule has 12 heteroatoms. The fourth-order valence-electron chi connectivity index (χ4n) is 3.19. The molecule has 0 radical (unpaired) electrons. The number of carbonyl (C=O) groups excluding carboxylic acids is 1. The first-order valence-electron chi connectivity index (χ1n) is 10.4. The standard InChI is InChI=1S/C24H23BrClN3O6S/c1-33-21-9-7-18(26)12-20(21)29(15-24(30)28-27-14-16-5-4-6-17(25)11-16)36(31,32)19-8-10-22(34-2)23(13-19)35-3/h4-14H,15H2,1-3H3,(H,28,30)/b27-14-. The van der Waals surface area contributed by atoms with Crippen LogP contribution in [-0.2, 0) is 14.8 Å². The zero-order valence-corrected chi connectivity index (χ0v) is 22.7. The van der Waals surface area contributed by atoms with Crippen molar-refractivity contribution in [3.8, 4) is 17.2 Å². The van der Waals surface area contributed by atoms with E-state index in [9.17, 15) is 13.2 Å². The van der Waals surface area contributed by atoms with E-state index < -0.39 is 22.5 Å². The number of rotatable bonds is 10. The molecule has 3 aromatic rings. The van der Waals surface area contributed by atoms with Crippen LogP contribution in [0.4, 0.5) is 5.69 Å². The van der Waals surface area contributed by atoms with Gasteiger partial charge in [0.25, 0.3) is 15.9 Å². The second-order valence-corrected chi connectivity index (χ2v) is 10.4. The molecule has 3 rings (SSSR count). The molecule has 0 aromatic heterocycles. The van der Waals surface area contributed by atoms with Crippen LogP contribution in [0.25, 0.3) is 0 Å². The molecule has 0 fully saturated rings. The molecule has 9 nitrogen and oxygen atoms in total. The highest BCUT2D eigenvalue weighted by atomic mass is 79.9. The van der Waals surface area contributed by atoms with Crippen LogP contribution in [0.5, 0.6) is 17.2 Å². The topological polar surface area (TPSA) is 107 Å². The Hall–Kier alpha value is -3.28. The number of ether oxygens (including phenoxy) is 3. The molecule has 0 saturated heterocycles. The zero-order valence-electron chi connectivity index (χ0n) is 19.6. The summed E-state index contributed by atoms with van der Waals surface area (Å²) in [7, 11) is -0.0832. The molecule has 0 bridgehead atoms. The first kappa shape index (κ1) is 27.3. The predicted octanol–water partition coefficient (Wildman–Crippen LogP) is 4.47. The number of nitrogens with one attached hydrogen (secondary N) is 1. The zero-order chi connectivity index (χ0) is 26.3. The van der Waals surface area contributed by atoms with Crippen molar-refractivity contribution >= 4 is 55.4 Å². The highest BCUT2D eigenvalue weighted by Gasteiger charge is 2.30. The lowest BCUT2D eigenvalue weighted by atomic mass is 10.2. The summed E-state index contributed by atoms with van der Waals surface area (Å²) in [6.07, 6.45) is 1.44. The van der Waals surface area contributed by atoms with Gasteiger partial charge in [0, 0.05) is 15.6 Å². The van der Waals surface area contributed by atoms with Gasteiger partial charge in [-0.25, -0.2) is 13.8 Å². The van der Waals surface area contributed by atoms with Crippen molar-refractivity contribution in [3.63, 3.8) is 0 Å². The van der Waals surface area contributed by atoms with Crippen LogP contribution < -0.4 is 23.9 Å². The van der Waals surface area contributed by atoms with Crippen molar-refractivity contribution in [2.24, 2.45) is 5.10 Å². The largest absolute Gasteiger partial charge is 0.495 e. The fourth-order valence-corrected chi connectivity index (χ4v) is 5.22. The number of methoxy groups -OCH3 is 3. The minimum absolute atomic E-state index is 0.0749. The van der Waals surface area contributed by atoms with Crippen molar-refractivity contribution < 1.29 is 27.4 Å². The van der Waals surface area contributed by atoms with Gasteiger partial charge in [-0.1, -0.05) is 39.7 Å². The summed E-state index contributed by atoms with van der Waals surface area (Å²) in [5.74, 6) is 0.0730. The first-order valence-corrected chi connectivity index (χ1v) is 13.0. The SMILES string of the molecule is COc1ccc(S(=O)(=O)N(CC(=O)N/N=C\c2cccc(Br)c2)c2cc(Cl)ccc2OC)cc1OC. The highest BCUT2D eigenvalue weighted by Crippen LogP contribution is 2.36. The number of nitrogens with zero attached hydrogens (tertiary/aromatic N) is 2. The lowest BCUT2D eigenvalue weighted by Crippen LogP contribution is -2.39. The summed E-state index contributed by atoms with van der Waals surface area (Å²) in [6, 6.07) is 15.8. The van der Waals surface area contributed by atoms with Crippen molar-refractivity contribution in [1.29, 1.82) is 0 Å². The van der Waals surface area contributed by atoms with Gasteiger partial charge in [0.15, 0.2) is 11.5 Å². The van der Waals surface area contributed by atoms with Crippen LogP contribution in [0.1, 0.15) is 5.56 Å². The number of carbonyl (C=O) groups is 1.